The first-order chi connectivity index (χ1) is 11.4. The molecule has 2 heterocycles. The van der Waals surface area contributed by atoms with Crippen LogP contribution in [0.3, 0.4) is 0 Å². The minimum Gasteiger partial charge on any atom is -0.480 e. The molecule has 0 bridgehead atoms. The first kappa shape index (κ1) is 16.8. The number of nitrogens with one attached hydrogen (secondary N) is 1. The van der Waals surface area contributed by atoms with E-state index in [1.807, 2.05) is 18.2 Å². The topological polar surface area (TPSA) is 86.7 Å². The molecule has 2 fully saturated rings. The molecule has 1 aromatic rings. The highest BCUT2D eigenvalue weighted by Crippen LogP contribution is 2.51. The minimum absolute atomic E-state index is 0.130. The van der Waals surface area contributed by atoms with Crippen LogP contribution in [0.4, 0.5) is 4.39 Å². The number of benzene rings is 1. The number of carbonyl (C=O) groups is 3. The van der Waals surface area contributed by atoms with Crippen molar-refractivity contribution in [3.05, 3.63) is 35.9 Å². The van der Waals surface area contributed by atoms with Gasteiger partial charge in [-0.05, 0) is 12.5 Å². The predicted molar refractivity (Wildman–Crippen MR) is 86.1 cm³/mol. The van der Waals surface area contributed by atoms with Crippen molar-refractivity contribution >= 4 is 29.5 Å². The molecule has 0 aliphatic carbocycles. The van der Waals surface area contributed by atoms with Crippen molar-refractivity contribution in [2.75, 3.05) is 6.67 Å². The minimum atomic E-state index is -1.23. The Morgan fingerprint density at radius 2 is 2.04 bits per heavy atom. The van der Waals surface area contributed by atoms with Gasteiger partial charge in [-0.1, -0.05) is 30.3 Å². The van der Waals surface area contributed by atoms with Crippen LogP contribution in [0, 0.1) is 0 Å². The van der Waals surface area contributed by atoms with Crippen molar-refractivity contribution < 1.29 is 23.9 Å². The van der Waals surface area contributed by atoms with Gasteiger partial charge in [-0.15, -0.1) is 11.8 Å². The Morgan fingerprint density at radius 3 is 2.62 bits per heavy atom. The number of carboxylic acid groups (broad SMARTS) is 1. The van der Waals surface area contributed by atoms with E-state index in [9.17, 15) is 23.9 Å². The van der Waals surface area contributed by atoms with Gasteiger partial charge in [0.1, 0.15) is 24.1 Å². The van der Waals surface area contributed by atoms with Crippen LogP contribution in [0.1, 0.15) is 12.5 Å². The van der Waals surface area contributed by atoms with E-state index in [4.69, 9.17) is 0 Å². The van der Waals surface area contributed by atoms with Gasteiger partial charge in [0.2, 0.25) is 11.8 Å². The molecule has 0 saturated carbocycles. The normalized spacial score (nSPS) is 31.3. The molecule has 0 unspecified atom stereocenters. The molecule has 0 spiro atoms. The summed E-state index contributed by atoms with van der Waals surface area (Å²) in [5, 5.41) is 11.4. The van der Waals surface area contributed by atoms with Crippen molar-refractivity contribution in [3.63, 3.8) is 0 Å². The van der Waals surface area contributed by atoms with Gasteiger partial charge >= 0.3 is 5.97 Å². The number of thioether (sulfide) groups is 1. The molecule has 2 amide bonds. The van der Waals surface area contributed by atoms with E-state index < -0.39 is 40.8 Å². The van der Waals surface area contributed by atoms with Crippen molar-refractivity contribution in [2.24, 2.45) is 0 Å². The summed E-state index contributed by atoms with van der Waals surface area (Å²) in [5.41, 5.74) is 0.815. The summed E-state index contributed by atoms with van der Waals surface area (Å²) >= 11 is 1.09. The highest BCUT2D eigenvalue weighted by atomic mass is 32.2. The zero-order chi connectivity index (χ0) is 17.5. The van der Waals surface area contributed by atoms with E-state index in [1.54, 1.807) is 12.1 Å². The van der Waals surface area contributed by atoms with Gasteiger partial charge in [-0.25, -0.2) is 9.18 Å². The summed E-state index contributed by atoms with van der Waals surface area (Å²) in [6, 6.07) is 7.06. The third kappa shape index (κ3) is 2.64. The molecule has 3 rings (SSSR count). The van der Waals surface area contributed by atoms with Crippen LogP contribution in [0.25, 0.3) is 0 Å². The molecule has 128 valence electrons. The van der Waals surface area contributed by atoms with Crippen LogP contribution in [0.5, 0.6) is 0 Å². The highest BCUT2D eigenvalue weighted by Gasteiger charge is 2.65. The number of carbonyl (C=O) groups excluding carboxylic acids is 2. The second-order valence-corrected chi connectivity index (χ2v) is 7.80. The van der Waals surface area contributed by atoms with Gasteiger partial charge in [-0.3, -0.25) is 9.59 Å². The SMILES string of the molecule is C[C@@]1(CF)S[C@@H]2[C@H](NC(=O)Cc3ccccc3)C(=O)N2[C@H]1C(=O)O. The molecule has 0 radical (unpaired) electrons. The summed E-state index contributed by atoms with van der Waals surface area (Å²) in [7, 11) is 0. The van der Waals surface area contributed by atoms with Crippen molar-refractivity contribution in [3.8, 4) is 0 Å². The molecule has 4 atom stereocenters. The number of hydrogen-bond donors (Lipinski definition) is 2. The number of alkyl halides is 1. The van der Waals surface area contributed by atoms with Gasteiger partial charge in [0.25, 0.3) is 0 Å². The van der Waals surface area contributed by atoms with Gasteiger partial charge < -0.3 is 15.3 Å². The van der Waals surface area contributed by atoms with E-state index >= 15 is 0 Å². The zero-order valence-electron chi connectivity index (χ0n) is 12.9. The van der Waals surface area contributed by atoms with Gasteiger partial charge in [-0.2, -0.15) is 0 Å². The number of fused-ring (bicyclic) bond motifs is 1. The lowest BCUT2D eigenvalue weighted by atomic mass is 9.95. The lowest BCUT2D eigenvalue weighted by molar-refractivity contribution is -0.161. The fourth-order valence-electron chi connectivity index (χ4n) is 3.14. The van der Waals surface area contributed by atoms with Crippen molar-refractivity contribution in [1.29, 1.82) is 0 Å². The Kier molecular flexibility index (Phi) is 4.25. The lowest BCUT2D eigenvalue weighted by Gasteiger charge is -2.43. The van der Waals surface area contributed by atoms with Crippen LogP contribution in [-0.4, -0.2) is 56.7 Å². The number of rotatable bonds is 5. The monoisotopic (exact) mass is 352 g/mol. The standard InChI is InChI=1S/C16H17FN2O4S/c1-16(8-17)12(15(22)23)19-13(21)11(14(19)24-16)18-10(20)7-9-5-3-2-4-6-9/h2-6,11-12,14H,7-8H2,1H3,(H,18,20)(H,22,23)/t11-,12+,14-,16+/m1/s1. The smallest absolute Gasteiger partial charge is 0.328 e. The van der Waals surface area contributed by atoms with Crippen LogP contribution in [0.15, 0.2) is 30.3 Å². The number of amides is 2. The fourth-order valence-corrected chi connectivity index (χ4v) is 4.76. The molecule has 2 aliphatic heterocycles. The summed E-state index contributed by atoms with van der Waals surface area (Å²) in [6.45, 7) is 0.629. The van der Waals surface area contributed by atoms with Crippen LogP contribution >= 0.6 is 11.8 Å². The Bertz CT molecular complexity index is 686. The molecule has 8 heteroatoms. The van der Waals surface area contributed by atoms with E-state index in [0.717, 1.165) is 17.3 Å². The first-order valence-corrected chi connectivity index (χ1v) is 8.37. The Hall–Kier alpha value is -2.09. The fraction of sp³-hybridized carbons (Fsp3) is 0.438. The second-order valence-electron chi connectivity index (χ2n) is 6.15. The highest BCUT2D eigenvalue weighted by molar-refractivity contribution is 8.01. The Balaban J connectivity index is 1.69. The largest absolute Gasteiger partial charge is 0.480 e. The quantitative estimate of drug-likeness (QED) is 0.766. The van der Waals surface area contributed by atoms with E-state index in [2.05, 4.69) is 5.32 Å². The zero-order valence-corrected chi connectivity index (χ0v) is 13.8. The Labute approximate surface area is 142 Å². The number of β-lactam (4-membered cyclic amide) rings is 1. The molecule has 2 saturated heterocycles. The molecular formula is C16H17FN2O4S. The second kappa shape index (κ2) is 6.08. The van der Waals surface area contributed by atoms with E-state index in [1.165, 1.54) is 11.8 Å². The van der Waals surface area contributed by atoms with Gasteiger partial charge in [0.15, 0.2) is 0 Å². The first-order valence-electron chi connectivity index (χ1n) is 7.49. The Morgan fingerprint density at radius 1 is 1.38 bits per heavy atom. The van der Waals surface area contributed by atoms with Crippen LogP contribution < -0.4 is 5.32 Å². The number of halogens is 1. The maximum atomic E-state index is 13.4. The molecule has 2 aliphatic rings. The van der Waals surface area contributed by atoms with Crippen LogP contribution in [-0.2, 0) is 20.8 Å². The average molecular weight is 352 g/mol. The number of aliphatic carboxylic acids is 1. The maximum absolute atomic E-state index is 13.4. The molecule has 6 nitrogen and oxygen atoms in total. The van der Waals surface area contributed by atoms with E-state index in [-0.39, 0.29) is 12.3 Å². The maximum Gasteiger partial charge on any atom is 0.328 e. The summed E-state index contributed by atoms with van der Waals surface area (Å²) in [6.07, 6.45) is 0.130. The van der Waals surface area contributed by atoms with E-state index in [0.29, 0.717) is 0 Å². The van der Waals surface area contributed by atoms with Crippen molar-refractivity contribution in [2.45, 2.75) is 35.5 Å². The number of nitrogens with zero attached hydrogens (tertiary/aromatic N) is 1. The molecule has 2 N–H and O–H groups in total. The summed E-state index contributed by atoms with van der Waals surface area (Å²) in [5.74, 6) is -2.02. The predicted octanol–water partition coefficient (Wildman–Crippen LogP) is 0.810. The third-order valence-corrected chi connectivity index (χ3v) is 5.96. The van der Waals surface area contributed by atoms with Crippen LogP contribution in [0.2, 0.25) is 0 Å². The summed E-state index contributed by atoms with van der Waals surface area (Å²) in [4.78, 5) is 37.0. The number of carboxylic acids is 1. The van der Waals surface area contributed by atoms with Gasteiger partial charge in [0.05, 0.1) is 11.2 Å². The summed E-state index contributed by atoms with van der Waals surface area (Å²) < 4.78 is 12.2. The van der Waals surface area contributed by atoms with Crippen molar-refractivity contribution in [1.82, 2.24) is 10.2 Å². The molecule has 24 heavy (non-hydrogen) atoms. The third-order valence-electron chi connectivity index (χ3n) is 4.35. The average Bonchev–Trinajstić information content (AvgIpc) is 2.84. The molecule has 0 aromatic heterocycles. The van der Waals surface area contributed by atoms with Gasteiger partial charge in [0, 0.05) is 0 Å². The lowest BCUT2D eigenvalue weighted by Crippen LogP contribution is -2.70. The molecular weight excluding hydrogens is 335 g/mol. The number of hydrogen-bond acceptors (Lipinski definition) is 4. The molecule has 1 aromatic carbocycles.